The minimum absolute atomic E-state index is 0.0118. The Morgan fingerprint density at radius 2 is 1.96 bits per heavy atom. The molecule has 2 atom stereocenters. The molecule has 138 valence electrons. The van der Waals surface area contributed by atoms with E-state index in [1.165, 1.54) is 6.26 Å². The van der Waals surface area contributed by atoms with Crippen molar-refractivity contribution in [2.45, 2.75) is 26.7 Å². The Bertz CT molecular complexity index is 767. The SMILES string of the molecule is Cc1ccccc1[C@@H]1CN(C(=O)c2ccco2)C[C@@H]1C(=O)NCC(C)C. The molecule has 1 fully saturated rings. The molecule has 1 aromatic heterocycles. The largest absolute Gasteiger partial charge is 0.459 e. The van der Waals surface area contributed by atoms with Crippen LogP contribution in [-0.2, 0) is 4.79 Å². The Balaban J connectivity index is 1.84. The van der Waals surface area contributed by atoms with E-state index in [0.717, 1.165) is 11.1 Å². The quantitative estimate of drug-likeness (QED) is 0.897. The van der Waals surface area contributed by atoms with Gasteiger partial charge in [0.05, 0.1) is 12.2 Å². The molecule has 0 saturated carbocycles. The maximum Gasteiger partial charge on any atom is 0.289 e. The van der Waals surface area contributed by atoms with Crippen LogP contribution in [0.2, 0.25) is 0 Å². The van der Waals surface area contributed by atoms with Crippen LogP contribution in [0.3, 0.4) is 0 Å². The molecule has 0 spiro atoms. The zero-order valence-corrected chi connectivity index (χ0v) is 15.6. The fourth-order valence-corrected chi connectivity index (χ4v) is 3.55. The zero-order chi connectivity index (χ0) is 18.7. The Kier molecular flexibility index (Phi) is 5.45. The lowest BCUT2D eigenvalue weighted by atomic mass is 9.86. The van der Waals surface area contributed by atoms with E-state index in [9.17, 15) is 9.59 Å². The first-order chi connectivity index (χ1) is 12.5. The first-order valence-corrected chi connectivity index (χ1v) is 9.13. The number of nitrogens with zero attached hydrogens (tertiary/aromatic N) is 1. The first-order valence-electron chi connectivity index (χ1n) is 9.13. The van der Waals surface area contributed by atoms with E-state index in [1.54, 1.807) is 17.0 Å². The van der Waals surface area contributed by atoms with Gasteiger partial charge in [-0.2, -0.15) is 0 Å². The number of carbonyl (C=O) groups excluding carboxylic acids is 2. The van der Waals surface area contributed by atoms with Crippen molar-refractivity contribution in [1.29, 1.82) is 0 Å². The van der Waals surface area contributed by atoms with Gasteiger partial charge in [0, 0.05) is 25.6 Å². The fraction of sp³-hybridized carbons (Fsp3) is 0.429. The van der Waals surface area contributed by atoms with Gasteiger partial charge in [0.2, 0.25) is 5.91 Å². The Labute approximate surface area is 154 Å². The molecule has 1 N–H and O–H groups in total. The van der Waals surface area contributed by atoms with Crippen LogP contribution < -0.4 is 5.32 Å². The van der Waals surface area contributed by atoms with Crippen LogP contribution in [0.4, 0.5) is 0 Å². The van der Waals surface area contributed by atoms with Crippen molar-refractivity contribution in [2.75, 3.05) is 19.6 Å². The molecule has 2 amide bonds. The van der Waals surface area contributed by atoms with E-state index in [1.807, 2.05) is 12.1 Å². The van der Waals surface area contributed by atoms with Crippen molar-refractivity contribution in [1.82, 2.24) is 10.2 Å². The number of benzene rings is 1. The number of amides is 2. The highest BCUT2D eigenvalue weighted by atomic mass is 16.3. The van der Waals surface area contributed by atoms with E-state index in [0.29, 0.717) is 31.3 Å². The minimum Gasteiger partial charge on any atom is -0.459 e. The van der Waals surface area contributed by atoms with E-state index in [4.69, 9.17) is 4.42 Å². The van der Waals surface area contributed by atoms with Crippen molar-refractivity contribution in [3.05, 3.63) is 59.5 Å². The smallest absolute Gasteiger partial charge is 0.289 e. The summed E-state index contributed by atoms with van der Waals surface area (Å²) in [5, 5.41) is 3.04. The number of hydrogen-bond donors (Lipinski definition) is 1. The molecule has 1 saturated heterocycles. The van der Waals surface area contributed by atoms with E-state index < -0.39 is 0 Å². The molecule has 1 aromatic carbocycles. The number of carbonyl (C=O) groups is 2. The predicted molar refractivity (Wildman–Crippen MR) is 99.9 cm³/mol. The van der Waals surface area contributed by atoms with Crippen LogP contribution in [0.15, 0.2) is 47.1 Å². The molecule has 3 rings (SSSR count). The van der Waals surface area contributed by atoms with Gasteiger partial charge in [-0.1, -0.05) is 38.1 Å². The molecule has 5 heteroatoms. The maximum atomic E-state index is 12.8. The van der Waals surface area contributed by atoms with Gasteiger partial charge in [-0.3, -0.25) is 9.59 Å². The van der Waals surface area contributed by atoms with Gasteiger partial charge in [-0.15, -0.1) is 0 Å². The van der Waals surface area contributed by atoms with Crippen molar-refractivity contribution in [3.63, 3.8) is 0 Å². The van der Waals surface area contributed by atoms with E-state index in [2.05, 4.69) is 38.2 Å². The zero-order valence-electron chi connectivity index (χ0n) is 15.6. The summed E-state index contributed by atoms with van der Waals surface area (Å²) >= 11 is 0. The third-order valence-corrected chi connectivity index (χ3v) is 4.95. The van der Waals surface area contributed by atoms with Crippen LogP contribution in [0.1, 0.15) is 41.4 Å². The minimum atomic E-state index is -0.256. The standard InChI is InChI=1S/C21H26N2O3/c1-14(2)11-22-20(24)18-13-23(21(25)19-9-6-10-26-19)12-17(18)16-8-5-4-7-15(16)3/h4-10,14,17-18H,11-13H2,1-3H3,(H,22,24)/t17-,18-/m0/s1. The van der Waals surface area contributed by atoms with Gasteiger partial charge in [0.25, 0.3) is 5.91 Å². The van der Waals surface area contributed by atoms with Crippen molar-refractivity contribution in [2.24, 2.45) is 11.8 Å². The van der Waals surface area contributed by atoms with Crippen molar-refractivity contribution >= 4 is 11.8 Å². The molecule has 2 aromatic rings. The van der Waals surface area contributed by atoms with Crippen LogP contribution in [0.5, 0.6) is 0 Å². The van der Waals surface area contributed by atoms with E-state index in [-0.39, 0.29) is 23.7 Å². The highest BCUT2D eigenvalue weighted by Gasteiger charge is 2.41. The van der Waals surface area contributed by atoms with Gasteiger partial charge in [-0.05, 0) is 36.1 Å². The van der Waals surface area contributed by atoms with Crippen molar-refractivity contribution in [3.8, 4) is 0 Å². The summed E-state index contributed by atoms with van der Waals surface area (Å²) < 4.78 is 5.26. The molecule has 0 unspecified atom stereocenters. The van der Waals surface area contributed by atoms with Crippen molar-refractivity contribution < 1.29 is 14.0 Å². The highest BCUT2D eigenvalue weighted by molar-refractivity contribution is 5.92. The number of furan rings is 1. The number of nitrogens with one attached hydrogen (secondary N) is 1. The Morgan fingerprint density at radius 3 is 2.62 bits per heavy atom. The summed E-state index contributed by atoms with van der Waals surface area (Å²) in [4.78, 5) is 27.3. The molecular weight excluding hydrogens is 328 g/mol. The molecule has 1 aliphatic rings. The summed E-state index contributed by atoms with van der Waals surface area (Å²) in [6, 6.07) is 11.5. The summed E-state index contributed by atoms with van der Waals surface area (Å²) in [5.41, 5.74) is 2.28. The first kappa shape index (κ1) is 18.2. The fourth-order valence-electron chi connectivity index (χ4n) is 3.55. The molecule has 26 heavy (non-hydrogen) atoms. The monoisotopic (exact) mass is 354 g/mol. The molecular formula is C21H26N2O3. The normalized spacial score (nSPS) is 19.8. The van der Waals surface area contributed by atoms with Gasteiger partial charge in [-0.25, -0.2) is 0 Å². The second-order valence-electron chi connectivity index (χ2n) is 7.40. The highest BCUT2D eigenvalue weighted by Crippen LogP contribution is 2.35. The maximum absolute atomic E-state index is 12.8. The van der Waals surface area contributed by atoms with E-state index >= 15 is 0 Å². The lowest BCUT2D eigenvalue weighted by Gasteiger charge is -2.20. The second kappa shape index (κ2) is 7.77. The number of likely N-dealkylation sites (tertiary alicyclic amines) is 1. The topological polar surface area (TPSA) is 62.6 Å². The lowest BCUT2D eigenvalue weighted by molar-refractivity contribution is -0.125. The lowest BCUT2D eigenvalue weighted by Crippen LogP contribution is -2.37. The average molecular weight is 354 g/mol. The Morgan fingerprint density at radius 1 is 1.19 bits per heavy atom. The number of hydrogen-bond acceptors (Lipinski definition) is 3. The third kappa shape index (κ3) is 3.82. The van der Waals surface area contributed by atoms with Crippen LogP contribution >= 0.6 is 0 Å². The molecule has 2 heterocycles. The summed E-state index contributed by atoms with van der Waals surface area (Å²) in [6.07, 6.45) is 1.49. The van der Waals surface area contributed by atoms with Crippen LogP contribution in [0.25, 0.3) is 0 Å². The number of rotatable bonds is 5. The second-order valence-corrected chi connectivity index (χ2v) is 7.40. The molecule has 0 radical (unpaired) electrons. The predicted octanol–water partition coefficient (Wildman–Crippen LogP) is 3.22. The summed E-state index contributed by atoms with van der Waals surface area (Å²) in [7, 11) is 0. The molecule has 1 aliphatic heterocycles. The van der Waals surface area contributed by atoms with Gasteiger partial charge in [0.1, 0.15) is 0 Å². The van der Waals surface area contributed by atoms with Gasteiger partial charge in [0.15, 0.2) is 5.76 Å². The molecule has 0 aliphatic carbocycles. The van der Waals surface area contributed by atoms with Crippen LogP contribution in [0, 0.1) is 18.8 Å². The van der Waals surface area contributed by atoms with Crippen LogP contribution in [-0.4, -0.2) is 36.3 Å². The number of aryl methyl sites for hydroxylation is 1. The summed E-state index contributed by atoms with van der Waals surface area (Å²) in [5.74, 6) is 0.292. The summed E-state index contributed by atoms with van der Waals surface area (Å²) in [6.45, 7) is 7.75. The molecule has 5 nitrogen and oxygen atoms in total. The Hall–Kier alpha value is -2.56. The van der Waals surface area contributed by atoms with Gasteiger partial charge >= 0.3 is 0 Å². The molecule has 0 bridgehead atoms. The van der Waals surface area contributed by atoms with Gasteiger partial charge < -0.3 is 14.6 Å². The third-order valence-electron chi connectivity index (χ3n) is 4.95. The average Bonchev–Trinajstić information content (AvgIpc) is 3.29.